The Morgan fingerprint density at radius 2 is 1.55 bits per heavy atom. The Morgan fingerprint density at radius 1 is 1.00 bits per heavy atom. The van der Waals surface area contributed by atoms with Crippen molar-refractivity contribution in [3.05, 3.63) is 25.6 Å². The van der Waals surface area contributed by atoms with Crippen LogP contribution in [0.3, 0.4) is 0 Å². The number of primary sulfonamides is 1. The maximum absolute atomic E-state index is 10.7. The number of hydrogen-bond acceptors (Lipinski definition) is 3. The maximum atomic E-state index is 10.7. The van der Waals surface area contributed by atoms with Crippen molar-refractivity contribution in [1.82, 2.24) is 0 Å². The zero-order chi connectivity index (χ0) is 15.2. The molecular formula is C12H16Br3NO3S. The highest BCUT2D eigenvalue weighted by Crippen LogP contribution is 2.36. The molecule has 0 amide bonds. The van der Waals surface area contributed by atoms with Crippen LogP contribution in [0.1, 0.15) is 25.7 Å². The molecule has 0 aliphatic carbocycles. The minimum absolute atomic E-state index is 0.0532. The molecule has 0 aliphatic heterocycles. The second kappa shape index (κ2) is 8.73. The summed E-state index contributed by atoms with van der Waals surface area (Å²) in [4.78, 5) is 0. The lowest BCUT2D eigenvalue weighted by Gasteiger charge is -2.10. The summed E-state index contributed by atoms with van der Waals surface area (Å²) in [5, 5.41) is 4.93. The van der Waals surface area contributed by atoms with E-state index in [-0.39, 0.29) is 5.75 Å². The SMILES string of the molecule is NS(=O)(=O)CCCCCCOc1c(Br)cc(Br)cc1Br. The molecular weight excluding hydrogens is 478 g/mol. The van der Waals surface area contributed by atoms with Crippen LogP contribution in [0, 0.1) is 0 Å². The van der Waals surface area contributed by atoms with Crippen LogP contribution < -0.4 is 9.88 Å². The van der Waals surface area contributed by atoms with Gasteiger partial charge in [-0.2, -0.15) is 0 Å². The van der Waals surface area contributed by atoms with Gasteiger partial charge in [-0.3, -0.25) is 0 Å². The summed E-state index contributed by atoms with van der Waals surface area (Å²) >= 11 is 10.3. The number of unbranched alkanes of at least 4 members (excludes halogenated alkanes) is 3. The van der Waals surface area contributed by atoms with Crippen molar-refractivity contribution >= 4 is 57.8 Å². The van der Waals surface area contributed by atoms with Crippen molar-refractivity contribution < 1.29 is 13.2 Å². The van der Waals surface area contributed by atoms with Crippen molar-refractivity contribution in [1.29, 1.82) is 0 Å². The van der Waals surface area contributed by atoms with E-state index in [4.69, 9.17) is 9.88 Å². The predicted molar refractivity (Wildman–Crippen MR) is 91.5 cm³/mol. The van der Waals surface area contributed by atoms with Crippen LogP contribution in [-0.4, -0.2) is 20.8 Å². The van der Waals surface area contributed by atoms with E-state index in [1.807, 2.05) is 12.1 Å². The van der Waals surface area contributed by atoms with E-state index in [2.05, 4.69) is 47.8 Å². The molecule has 8 heteroatoms. The molecule has 0 aliphatic rings. The Labute approximate surface area is 144 Å². The molecule has 1 rings (SSSR count). The average molecular weight is 494 g/mol. The highest BCUT2D eigenvalue weighted by Gasteiger charge is 2.08. The first-order valence-electron chi connectivity index (χ1n) is 6.07. The van der Waals surface area contributed by atoms with Crippen molar-refractivity contribution in [2.45, 2.75) is 25.7 Å². The van der Waals surface area contributed by atoms with Gasteiger partial charge in [0.25, 0.3) is 0 Å². The number of benzene rings is 1. The molecule has 0 bridgehead atoms. The zero-order valence-electron chi connectivity index (χ0n) is 10.7. The van der Waals surface area contributed by atoms with Crippen LogP contribution in [0.5, 0.6) is 5.75 Å². The molecule has 1 aromatic rings. The van der Waals surface area contributed by atoms with Crippen LogP contribution >= 0.6 is 47.8 Å². The second-order valence-corrected chi connectivity index (χ2v) is 8.69. The summed E-state index contributed by atoms with van der Waals surface area (Å²) in [7, 11) is -3.32. The van der Waals surface area contributed by atoms with Gasteiger partial charge in [0.2, 0.25) is 10.0 Å². The Hall–Kier alpha value is 0.370. The van der Waals surface area contributed by atoms with Gasteiger partial charge >= 0.3 is 0 Å². The average Bonchev–Trinajstić information content (AvgIpc) is 2.29. The van der Waals surface area contributed by atoms with Crippen LogP contribution in [0.15, 0.2) is 25.6 Å². The smallest absolute Gasteiger partial charge is 0.209 e. The number of rotatable bonds is 8. The van der Waals surface area contributed by atoms with Crippen molar-refractivity contribution in [2.24, 2.45) is 5.14 Å². The third-order valence-electron chi connectivity index (χ3n) is 2.53. The monoisotopic (exact) mass is 491 g/mol. The van der Waals surface area contributed by atoms with E-state index in [0.717, 1.165) is 38.4 Å². The molecule has 0 fully saturated rings. The number of nitrogens with two attached hydrogens (primary N) is 1. The van der Waals surface area contributed by atoms with Crippen LogP contribution in [-0.2, 0) is 10.0 Å². The van der Waals surface area contributed by atoms with Gasteiger partial charge in [0, 0.05) is 4.47 Å². The van der Waals surface area contributed by atoms with E-state index >= 15 is 0 Å². The topological polar surface area (TPSA) is 69.4 Å². The predicted octanol–water partition coefficient (Wildman–Crippen LogP) is 4.20. The molecule has 114 valence electrons. The lowest BCUT2D eigenvalue weighted by molar-refractivity contribution is 0.301. The molecule has 4 nitrogen and oxygen atoms in total. The molecule has 1 aromatic carbocycles. The summed E-state index contributed by atoms with van der Waals surface area (Å²) in [6.07, 6.45) is 3.23. The van der Waals surface area contributed by atoms with E-state index < -0.39 is 10.0 Å². The van der Waals surface area contributed by atoms with Crippen LogP contribution in [0.2, 0.25) is 0 Å². The fourth-order valence-corrected chi connectivity index (χ4v) is 4.69. The normalized spacial score (nSPS) is 11.6. The number of sulfonamides is 1. The second-order valence-electron chi connectivity index (χ2n) is 4.33. The Balaban J connectivity index is 2.25. The Bertz CT molecular complexity index is 526. The molecule has 0 saturated carbocycles. The Morgan fingerprint density at radius 3 is 2.10 bits per heavy atom. The standard InChI is InChI=1S/C12H16Br3NO3S/c13-9-7-10(14)12(11(15)8-9)19-5-3-1-2-4-6-20(16,17)18/h7-8H,1-6H2,(H2,16,17,18). The summed E-state index contributed by atoms with van der Waals surface area (Å²) in [6, 6.07) is 3.85. The van der Waals surface area contributed by atoms with Gasteiger partial charge in [0.1, 0.15) is 5.75 Å². The van der Waals surface area contributed by atoms with Gasteiger partial charge in [0.05, 0.1) is 21.3 Å². The van der Waals surface area contributed by atoms with Crippen molar-refractivity contribution in [2.75, 3.05) is 12.4 Å². The zero-order valence-corrected chi connectivity index (χ0v) is 16.3. The first-order valence-corrected chi connectivity index (χ1v) is 10.2. The molecule has 0 aromatic heterocycles. The van der Waals surface area contributed by atoms with Crippen LogP contribution in [0.25, 0.3) is 0 Å². The van der Waals surface area contributed by atoms with Gasteiger partial charge in [0.15, 0.2) is 0 Å². The van der Waals surface area contributed by atoms with Gasteiger partial charge in [-0.15, -0.1) is 0 Å². The van der Waals surface area contributed by atoms with Gasteiger partial charge in [-0.25, -0.2) is 13.6 Å². The number of halogens is 3. The largest absolute Gasteiger partial charge is 0.491 e. The third-order valence-corrected chi connectivity index (χ3v) is 5.03. The van der Waals surface area contributed by atoms with Gasteiger partial charge in [-0.1, -0.05) is 28.8 Å². The molecule has 0 heterocycles. The van der Waals surface area contributed by atoms with Gasteiger partial charge in [-0.05, 0) is 56.8 Å². The van der Waals surface area contributed by atoms with E-state index in [9.17, 15) is 8.42 Å². The van der Waals surface area contributed by atoms with Crippen LogP contribution in [0.4, 0.5) is 0 Å². The van der Waals surface area contributed by atoms with Gasteiger partial charge < -0.3 is 4.74 Å². The fraction of sp³-hybridized carbons (Fsp3) is 0.500. The lowest BCUT2D eigenvalue weighted by atomic mass is 10.2. The summed E-state index contributed by atoms with van der Waals surface area (Å²) in [6.45, 7) is 0.591. The first-order chi connectivity index (χ1) is 9.29. The number of hydrogen-bond donors (Lipinski definition) is 1. The molecule has 0 saturated heterocycles. The highest BCUT2D eigenvalue weighted by molar-refractivity contribution is 9.11. The Kier molecular flexibility index (Phi) is 8.04. The minimum Gasteiger partial charge on any atom is -0.491 e. The molecule has 20 heavy (non-hydrogen) atoms. The van der Waals surface area contributed by atoms with E-state index in [0.29, 0.717) is 13.0 Å². The van der Waals surface area contributed by atoms with E-state index in [1.54, 1.807) is 0 Å². The van der Waals surface area contributed by atoms with E-state index in [1.165, 1.54) is 0 Å². The van der Waals surface area contributed by atoms with Crippen molar-refractivity contribution in [3.8, 4) is 5.75 Å². The molecule has 0 unspecified atom stereocenters. The molecule has 0 spiro atoms. The third kappa shape index (κ3) is 7.40. The van der Waals surface area contributed by atoms with Crippen molar-refractivity contribution in [3.63, 3.8) is 0 Å². The summed E-state index contributed by atoms with van der Waals surface area (Å²) < 4.78 is 29.9. The summed E-state index contributed by atoms with van der Waals surface area (Å²) in [5.74, 6) is 0.829. The number of ether oxygens (including phenoxy) is 1. The minimum atomic E-state index is -3.32. The molecule has 0 radical (unpaired) electrons. The first kappa shape index (κ1) is 18.4. The fourth-order valence-electron chi connectivity index (χ4n) is 1.60. The highest BCUT2D eigenvalue weighted by atomic mass is 79.9. The quantitative estimate of drug-likeness (QED) is 0.552. The maximum Gasteiger partial charge on any atom is 0.209 e. The summed E-state index contributed by atoms with van der Waals surface area (Å²) in [5.41, 5.74) is 0. The lowest BCUT2D eigenvalue weighted by Crippen LogP contribution is -2.16. The molecule has 0 atom stereocenters. The molecule has 2 N–H and O–H groups in total.